The fraction of sp³-hybridized carbons (Fsp3) is 0.364. The molecule has 0 fully saturated rings. The molecule has 10 heteroatoms. The first-order valence-electron chi connectivity index (χ1n) is 13.9. The zero-order chi connectivity index (χ0) is 32.1. The van der Waals surface area contributed by atoms with Crippen LogP contribution in [0.5, 0.6) is 11.5 Å². The molecular formula is C33H42N2O8. The summed E-state index contributed by atoms with van der Waals surface area (Å²) in [7, 11) is 2.85. The van der Waals surface area contributed by atoms with Gasteiger partial charge >= 0.3 is 11.9 Å². The Morgan fingerprint density at radius 3 is 1.56 bits per heavy atom. The smallest absolute Gasteiger partial charge is 0.343 e. The van der Waals surface area contributed by atoms with Gasteiger partial charge in [-0.15, -0.1) is 0 Å². The lowest BCUT2D eigenvalue weighted by Gasteiger charge is -2.16. The number of ketones is 1. The van der Waals surface area contributed by atoms with Crippen molar-refractivity contribution >= 4 is 29.9 Å². The number of allylic oxidation sites excluding steroid dienone is 3. The Balaban J connectivity index is 2.07. The predicted molar refractivity (Wildman–Crippen MR) is 165 cm³/mol. The number of aliphatic hydroxyl groups excluding tert-OH is 1. The fourth-order valence-electron chi connectivity index (χ4n) is 3.99. The third kappa shape index (κ3) is 11.8. The summed E-state index contributed by atoms with van der Waals surface area (Å²) in [4.78, 5) is 37.4. The average Bonchev–Trinajstić information content (AvgIpc) is 2.93. The highest BCUT2D eigenvalue weighted by molar-refractivity contribution is 6.02. The van der Waals surface area contributed by atoms with Crippen molar-refractivity contribution in [3.05, 3.63) is 82.6 Å². The second-order valence-corrected chi connectivity index (χ2v) is 10.7. The molecule has 0 saturated heterocycles. The lowest BCUT2D eigenvalue weighted by molar-refractivity contribution is -0.110. The van der Waals surface area contributed by atoms with Crippen LogP contribution in [-0.2, 0) is 14.3 Å². The van der Waals surface area contributed by atoms with Crippen LogP contribution in [0.4, 0.5) is 0 Å². The molecule has 2 aromatic rings. The summed E-state index contributed by atoms with van der Waals surface area (Å²) < 4.78 is 21.2. The maximum atomic E-state index is 12.5. The van der Waals surface area contributed by atoms with Crippen LogP contribution in [0, 0.1) is 11.8 Å². The molecule has 0 aliphatic rings. The number of aliphatic hydroxyl groups is 1. The van der Waals surface area contributed by atoms with Crippen molar-refractivity contribution in [3.8, 4) is 11.5 Å². The van der Waals surface area contributed by atoms with Crippen LogP contribution in [0.2, 0.25) is 0 Å². The first kappa shape index (κ1) is 34.8. The summed E-state index contributed by atoms with van der Waals surface area (Å²) in [5.41, 5.74) is 13.4. The van der Waals surface area contributed by atoms with Gasteiger partial charge in [0.25, 0.3) is 0 Å². The van der Waals surface area contributed by atoms with Crippen molar-refractivity contribution in [3.63, 3.8) is 0 Å². The van der Waals surface area contributed by atoms with Gasteiger partial charge in [-0.25, -0.2) is 9.59 Å². The second kappa shape index (κ2) is 16.9. The third-order valence-electron chi connectivity index (χ3n) is 5.99. The minimum absolute atomic E-state index is 0.212. The lowest BCUT2D eigenvalue weighted by Crippen LogP contribution is -2.28. The standard InChI is InChI=1S/C33H42N2O8/c1-20(2)15-30(34)42-32(38)26-13-9-22(17-28(26)40-5)7-11-24(36)19-25(37)12-8-23-10-14-27(29(18-23)41-6)33(39)43-31(35)16-21(3)4/h7-14,17-21,30-31,36H,15-16,34-35H2,1-6H3/b11-7+,12-8+,24-19-. The highest BCUT2D eigenvalue weighted by Crippen LogP contribution is 2.24. The number of hydrogen-bond acceptors (Lipinski definition) is 10. The van der Waals surface area contributed by atoms with Crippen molar-refractivity contribution in [2.45, 2.75) is 53.0 Å². The number of ether oxygens (including phenoxy) is 4. The summed E-state index contributed by atoms with van der Waals surface area (Å²) in [6.07, 6.45) is 6.32. The van der Waals surface area contributed by atoms with Crippen molar-refractivity contribution in [2.75, 3.05) is 14.2 Å². The Morgan fingerprint density at radius 1 is 0.744 bits per heavy atom. The van der Waals surface area contributed by atoms with Crippen LogP contribution >= 0.6 is 0 Å². The van der Waals surface area contributed by atoms with Crippen molar-refractivity contribution in [1.29, 1.82) is 0 Å². The second-order valence-electron chi connectivity index (χ2n) is 10.7. The number of carbonyl (C=O) groups excluding carboxylic acids is 3. The zero-order valence-electron chi connectivity index (χ0n) is 25.5. The van der Waals surface area contributed by atoms with Gasteiger partial charge in [-0.1, -0.05) is 52.0 Å². The Kier molecular flexibility index (Phi) is 13.7. The molecule has 0 radical (unpaired) electrons. The van der Waals surface area contributed by atoms with E-state index in [9.17, 15) is 19.5 Å². The molecule has 2 aromatic carbocycles. The predicted octanol–water partition coefficient (Wildman–Crippen LogP) is 5.42. The van der Waals surface area contributed by atoms with Gasteiger partial charge in [0.1, 0.15) is 28.4 Å². The molecule has 5 N–H and O–H groups in total. The van der Waals surface area contributed by atoms with E-state index >= 15 is 0 Å². The van der Waals surface area contributed by atoms with Gasteiger partial charge < -0.3 is 24.1 Å². The highest BCUT2D eigenvalue weighted by atomic mass is 16.6. The summed E-state index contributed by atoms with van der Waals surface area (Å²) in [5, 5.41) is 10.2. The van der Waals surface area contributed by atoms with Crippen LogP contribution in [0.15, 0.2) is 60.4 Å². The average molecular weight is 595 g/mol. The molecule has 0 saturated carbocycles. The fourth-order valence-corrected chi connectivity index (χ4v) is 3.99. The van der Waals surface area contributed by atoms with Gasteiger partial charge in [0.15, 0.2) is 18.2 Å². The van der Waals surface area contributed by atoms with E-state index < -0.39 is 30.2 Å². The van der Waals surface area contributed by atoms with Gasteiger partial charge in [-0.05, 0) is 59.4 Å². The minimum atomic E-state index is -0.730. The third-order valence-corrected chi connectivity index (χ3v) is 5.99. The van der Waals surface area contributed by atoms with Crippen molar-refractivity contribution in [1.82, 2.24) is 0 Å². The SMILES string of the molecule is COc1cc(/C=C/C(=O)/C=C(O)/C=C/c2ccc(C(=O)OC(N)CC(C)C)c(OC)c2)ccc1C(=O)OC(N)CC(C)C. The molecular weight excluding hydrogens is 552 g/mol. The normalized spacial score (nSPS) is 13.4. The first-order chi connectivity index (χ1) is 20.3. The van der Waals surface area contributed by atoms with E-state index in [1.54, 1.807) is 30.3 Å². The van der Waals surface area contributed by atoms with Gasteiger partial charge in [-0.2, -0.15) is 0 Å². The minimum Gasteiger partial charge on any atom is -0.508 e. The molecule has 232 valence electrons. The van der Waals surface area contributed by atoms with E-state index in [0.29, 0.717) is 24.0 Å². The van der Waals surface area contributed by atoms with Gasteiger partial charge in [0.2, 0.25) is 0 Å². The van der Waals surface area contributed by atoms with E-state index in [1.165, 1.54) is 44.6 Å². The van der Waals surface area contributed by atoms with Crippen LogP contribution < -0.4 is 20.9 Å². The summed E-state index contributed by atoms with van der Waals surface area (Å²) >= 11 is 0. The zero-order valence-corrected chi connectivity index (χ0v) is 25.5. The topological polar surface area (TPSA) is 160 Å². The van der Waals surface area contributed by atoms with Gasteiger partial charge in [0, 0.05) is 18.9 Å². The largest absolute Gasteiger partial charge is 0.508 e. The van der Waals surface area contributed by atoms with Gasteiger partial charge in [-0.3, -0.25) is 16.3 Å². The number of methoxy groups -OCH3 is 2. The molecule has 2 rings (SSSR count). The number of hydrogen-bond donors (Lipinski definition) is 3. The van der Waals surface area contributed by atoms with E-state index in [1.807, 2.05) is 27.7 Å². The Hall–Kier alpha value is -4.41. The first-order valence-corrected chi connectivity index (χ1v) is 13.9. The molecule has 0 amide bonds. The van der Waals surface area contributed by atoms with E-state index in [-0.39, 0.29) is 40.2 Å². The van der Waals surface area contributed by atoms with E-state index in [2.05, 4.69) is 0 Å². The molecule has 43 heavy (non-hydrogen) atoms. The highest BCUT2D eigenvalue weighted by Gasteiger charge is 2.19. The van der Waals surface area contributed by atoms with Crippen molar-refractivity contribution in [2.24, 2.45) is 23.3 Å². The molecule has 10 nitrogen and oxygen atoms in total. The van der Waals surface area contributed by atoms with E-state index in [0.717, 1.165) is 6.08 Å². The summed E-state index contributed by atoms with van der Waals surface area (Å²) in [6.45, 7) is 7.91. The molecule has 2 unspecified atom stereocenters. The summed E-state index contributed by atoms with van der Waals surface area (Å²) in [5.74, 6) is -0.876. The van der Waals surface area contributed by atoms with Crippen LogP contribution in [-0.4, -0.2) is 49.5 Å². The maximum absolute atomic E-state index is 12.5. The number of nitrogens with two attached hydrogens (primary N) is 2. The molecule has 0 bridgehead atoms. The Morgan fingerprint density at radius 2 is 1.16 bits per heavy atom. The molecule has 0 aliphatic heterocycles. The lowest BCUT2D eigenvalue weighted by atomic mass is 10.1. The number of esters is 2. The van der Waals surface area contributed by atoms with Crippen molar-refractivity contribution < 1.29 is 38.4 Å². The van der Waals surface area contributed by atoms with E-state index in [4.69, 9.17) is 30.4 Å². The van der Waals surface area contributed by atoms with Crippen LogP contribution in [0.1, 0.15) is 72.4 Å². The molecule has 0 aromatic heterocycles. The Bertz CT molecular complexity index is 1360. The molecule has 2 atom stereocenters. The van der Waals surface area contributed by atoms with Crippen LogP contribution in [0.25, 0.3) is 12.2 Å². The number of benzene rings is 2. The Labute approximate surface area is 252 Å². The van der Waals surface area contributed by atoms with Gasteiger partial charge in [0.05, 0.1) is 14.2 Å². The molecule has 0 spiro atoms. The maximum Gasteiger partial charge on any atom is 0.343 e. The number of rotatable bonds is 15. The quantitative estimate of drug-likeness (QED) is 0.0799. The number of carbonyl (C=O) groups is 3. The van der Waals surface area contributed by atoms with Crippen LogP contribution in [0.3, 0.4) is 0 Å². The molecule has 0 aliphatic carbocycles. The summed E-state index contributed by atoms with van der Waals surface area (Å²) in [6, 6.07) is 9.53. The monoisotopic (exact) mass is 594 g/mol. The molecule has 0 heterocycles.